The van der Waals surface area contributed by atoms with Crippen LogP contribution < -0.4 is 10.6 Å². The molecule has 0 aromatic heterocycles. The quantitative estimate of drug-likeness (QED) is 0.684. The number of amides is 1. The second-order valence-electron chi connectivity index (χ2n) is 4.42. The Morgan fingerprint density at radius 3 is 2.77 bits per heavy atom. The van der Waals surface area contributed by atoms with E-state index in [0.29, 0.717) is 0 Å². The minimum absolute atomic E-state index is 0.000880. The SMILES string of the molecule is CCCNC(=O)C1NCCC1(C)C. The average Bonchev–Trinajstić information content (AvgIpc) is 2.41. The number of hydrogen-bond acceptors (Lipinski definition) is 2. The Kier molecular flexibility index (Phi) is 3.31. The van der Waals surface area contributed by atoms with Gasteiger partial charge in [0.2, 0.25) is 5.91 Å². The summed E-state index contributed by atoms with van der Waals surface area (Å²) in [5.41, 5.74) is 0.109. The van der Waals surface area contributed by atoms with Gasteiger partial charge in [-0.3, -0.25) is 4.79 Å². The predicted molar refractivity (Wildman–Crippen MR) is 53.5 cm³/mol. The lowest BCUT2D eigenvalue weighted by Crippen LogP contribution is -2.47. The van der Waals surface area contributed by atoms with Gasteiger partial charge in [-0.05, 0) is 24.8 Å². The van der Waals surface area contributed by atoms with Crippen molar-refractivity contribution in [2.24, 2.45) is 5.41 Å². The Morgan fingerprint density at radius 1 is 1.62 bits per heavy atom. The van der Waals surface area contributed by atoms with Crippen LogP contribution in [0.3, 0.4) is 0 Å². The van der Waals surface area contributed by atoms with E-state index < -0.39 is 0 Å². The van der Waals surface area contributed by atoms with Crippen LogP contribution in [0.25, 0.3) is 0 Å². The highest BCUT2D eigenvalue weighted by atomic mass is 16.2. The highest BCUT2D eigenvalue weighted by molar-refractivity contribution is 5.82. The van der Waals surface area contributed by atoms with Crippen molar-refractivity contribution in [1.29, 1.82) is 0 Å². The molecule has 0 aromatic rings. The van der Waals surface area contributed by atoms with E-state index in [2.05, 4.69) is 31.4 Å². The van der Waals surface area contributed by atoms with Crippen LogP contribution in [-0.2, 0) is 4.79 Å². The first kappa shape index (κ1) is 10.5. The van der Waals surface area contributed by atoms with Crippen molar-refractivity contribution in [2.75, 3.05) is 13.1 Å². The molecule has 0 saturated carbocycles. The monoisotopic (exact) mass is 184 g/mol. The third-order valence-electron chi connectivity index (χ3n) is 2.71. The zero-order valence-corrected chi connectivity index (χ0v) is 8.81. The molecule has 2 N–H and O–H groups in total. The largest absolute Gasteiger partial charge is 0.355 e. The summed E-state index contributed by atoms with van der Waals surface area (Å²) in [6.07, 6.45) is 2.08. The van der Waals surface area contributed by atoms with Gasteiger partial charge in [0, 0.05) is 6.54 Å². The zero-order valence-electron chi connectivity index (χ0n) is 8.81. The van der Waals surface area contributed by atoms with Crippen LogP contribution >= 0.6 is 0 Å². The highest BCUT2D eigenvalue weighted by Gasteiger charge is 2.38. The molecule has 1 atom stereocenters. The summed E-state index contributed by atoms with van der Waals surface area (Å²) in [7, 11) is 0. The van der Waals surface area contributed by atoms with Crippen LogP contribution in [0.2, 0.25) is 0 Å². The van der Waals surface area contributed by atoms with Crippen molar-refractivity contribution in [2.45, 2.75) is 39.7 Å². The van der Waals surface area contributed by atoms with E-state index >= 15 is 0 Å². The molecular formula is C10H20N2O. The maximum atomic E-state index is 11.6. The minimum atomic E-state index is -0.000880. The Labute approximate surface area is 80.3 Å². The van der Waals surface area contributed by atoms with Crippen molar-refractivity contribution < 1.29 is 4.79 Å². The second kappa shape index (κ2) is 4.09. The molecular weight excluding hydrogens is 164 g/mol. The molecule has 1 aliphatic heterocycles. The van der Waals surface area contributed by atoms with Crippen molar-refractivity contribution in [3.63, 3.8) is 0 Å². The molecule has 3 nitrogen and oxygen atoms in total. The number of rotatable bonds is 3. The number of hydrogen-bond donors (Lipinski definition) is 2. The first-order valence-electron chi connectivity index (χ1n) is 5.09. The Balaban J connectivity index is 2.46. The van der Waals surface area contributed by atoms with Gasteiger partial charge in [0.1, 0.15) is 0 Å². The third kappa shape index (κ3) is 2.44. The fraction of sp³-hybridized carbons (Fsp3) is 0.900. The van der Waals surface area contributed by atoms with Gasteiger partial charge in [0.05, 0.1) is 6.04 Å². The molecule has 1 amide bonds. The molecule has 1 fully saturated rings. The van der Waals surface area contributed by atoms with Gasteiger partial charge in [0.25, 0.3) is 0 Å². The molecule has 1 rings (SSSR count). The van der Waals surface area contributed by atoms with Crippen LogP contribution in [0, 0.1) is 5.41 Å². The molecule has 1 saturated heterocycles. The van der Waals surface area contributed by atoms with Gasteiger partial charge in [0.15, 0.2) is 0 Å². The van der Waals surface area contributed by atoms with Crippen LogP contribution in [0.15, 0.2) is 0 Å². The van der Waals surface area contributed by atoms with E-state index in [9.17, 15) is 4.79 Å². The molecule has 0 bridgehead atoms. The Hall–Kier alpha value is -0.570. The van der Waals surface area contributed by atoms with E-state index in [1.54, 1.807) is 0 Å². The Morgan fingerprint density at radius 2 is 2.31 bits per heavy atom. The summed E-state index contributed by atoms with van der Waals surface area (Å²) in [6.45, 7) is 8.09. The predicted octanol–water partition coefficient (Wildman–Crippen LogP) is 0.901. The molecule has 1 heterocycles. The van der Waals surface area contributed by atoms with Crippen molar-refractivity contribution in [1.82, 2.24) is 10.6 Å². The smallest absolute Gasteiger partial charge is 0.237 e. The van der Waals surface area contributed by atoms with E-state index in [1.807, 2.05) is 0 Å². The van der Waals surface area contributed by atoms with Gasteiger partial charge >= 0.3 is 0 Å². The molecule has 0 spiro atoms. The topological polar surface area (TPSA) is 41.1 Å². The Bertz CT molecular complexity index is 189. The molecule has 3 heteroatoms. The van der Waals surface area contributed by atoms with Crippen molar-refractivity contribution >= 4 is 5.91 Å². The summed E-state index contributed by atoms with van der Waals surface area (Å²) < 4.78 is 0. The van der Waals surface area contributed by atoms with Gasteiger partial charge in [-0.1, -0.05) is 20.8 Å². The van der Waals surface area contributed by atoms with Crippen LogP contribution in [0.4, 0.5) is 0 Å². The van der Waals surface area contributed by atoms with E-state index in [0.717, 1.165) is 25.9 Å². The average molecular weight is 184 g/mol. The first-order chi connectivity index (χ1) is 6.08. The highest BCUT2D eigenvalue weighted by Crippen LogP contribution is 2.29. The number of carbonyl (C=O) groups is 1. The van der Waals surface area contributed by atoms with Gasteiger partial charge in [-0.25, -0.2) is 0 Å². The van der Waals surface area contributed by atoms with E-state index in [1.165, 1.54) is 0 Å². The molecule has 0 radical (unpaired) electrons. The molecule has 13 heavy (non-hydrogen) atoms. The van der Waals surface area contributed by atoms with Crippen LogP contribution in [0.1, 0.15) is 33.6 Å². The fourth-order valence-electron chi connectivity index (χ4n) is 1.76. The normalized spacial score (nSPS) is 25.9. The van der Waals surface area contributed by atoms with Gasteiger partial charge < -0.3 is 10.6 Å². The minimum Gasteiger partial charge on any atom is -0.355 e. The molecule has 1 unspecified atom stereocenters. The van der Waals surface area contributed by atoms with Gasteiger partial charge in [-0.15, -0.1) is 0 Å². The first-order valence-corrected chi connectivity index (χ1v) is 5.09. The maximum absolute atomic E-state index is 11.6. The lowest BCUT2D eigenvalue weighted by atomic mass is 9.84. The molecule has 0 aliphatic carbocycles. The lowest BCUT2D eigenvalue weighted by molar-refractivity contribution is -0.124. The van der Waals surface area contributed by atoms with Gasteiger partial charge in [-0.2, -0.15) is 0 Å². The standard InChI is InChI=1S/C10H20N2O/c1-4-6-12-9(13)8-10(2,3)5-7-11-8/h8,11H,4-7H2,1-3H3,(H,12,13). The van der Waals surface area contributed by atoms with Crippen molar-refractivity contribution in [3.05, 3.63) is 0 Å². The van der Waals surface area contributed by atoms with Crippen LogP contribution in [0.5, 0.6) is 0 Å². The number of carbonyl (C=O) groups excluding carboxylic acids is 1. The van der Waals surface area contributed by atoms with E-state index in [4.69, 9.17) is 0 Å². The summed E-state index contributed by atoms with van der Waals surface area (Å²) in [5.74, 6) is 0.157. The van der Waals surface area contributed by atoms with Crippen LogP contribution in [-0.4, -0.2) is 25.0 Å². The summed E-state index contributed by atoms with van der Waals surface area (Å²) in [4.78, 5) is 11.6. The number of nitrogens with one attached hydrogen (secondary N) is 2. The summed E-state index contributed by atoms with van der Waals surface area (Å²) in [5, 5.41) is 6.17. The second-order valence-corrected chi connectivity index (χ2v) is 4.42. The zero-order chi connectivity index (χ0) is 9.90. The molecule has 76 valence electrons. The van der Waals surface area contributed by atoms with E-state index in [-0.39, 0.29) is 17.4 Å². The molecule has 1 aliphatic rings. The third-order valence-corrected chi connectivity index (χ3v) is 2.71. The fourth-order valence-corrected chi connectivity index (χ4v) is 1.76. The summed E-state index contributed by atoms with van der Waals surface area (Å²) in [6, 6.07) is -0.000880. The lowest BCUT2D eigenvalue weighted by Gasteiger charge is -2.25. The van der Waals surface area contributed by atoms with Crippen molar-refractivity contribution in [3.8, 4) is 0 Å². The summed E-state index contributed by atoms with van der Waals surface area (Å²) >= 11 is 0. The molecule has 0 aromatic carbocycles. The maximum Gasteiger partial charge on any atom is 0.237 e.